The van der Waals surface area contributed by atoms with E-state index in [1.54, 1.807) is 35.2 Å². The zero-order chi connectivity index (χ0) is 23.7. The maximum Gasteiger partial charge on any atom is 0.243 e. The van der Waals surface area contributed by atoms with Crippen LogP contribution in [0.5, 0.6) is 0 Å². The van der Waals surface area contributed by atoms with Crippen molar-refractivity contribution >= 4 is 58.4 Å². The summed E-state index contributed by atoms with van der Waals surface area (Å²) in [6.45, 7) is 6.22. The van der Waals surface area contributed by atoms with Crippen LogP contribution >= 0.6 is 46.6 Å². The van der Waals surface area contributed by atoms with Crippen LogP contribution in [0.25, 0.3) is 0 Å². The Kier molecular flexibility index (Phi) is 11.2. The Balaban J connectivity index is 2.16. The van der Waals surface area contributed by atoms with E-state index in [1.165, 1.54) is 11.8 Å². The Labute approximate surface area is 210 Å². The summed E-state index contributed by atoms with van der Waals surface area (Å²) < 4.78 is 0. The zero-order valence-electron chi connectivity index (χ0n) is 18.5. The molecule has 8 heteroatoms. The molecule has 174 valence electrons. The van der Waals surface area contributed by atoms with Crippen molar-refractivity contribution in [3.05, 3.63) is 68.7 Å². The lowest BCUT2D eigenvalue weighted by Gasteiger charge is -2.31. The molecule has 4 nitrogen and oxygen atoms in total. The molecule has 32 heavy (non-hydrogen) atoms. The highest BCUT2D eigenvalue weighted by Crippen LogP contribution is 2.28. The van der Waals surface area contributed by atoms with Gasteiger partial charge in [0.1, 0.15) is 6.04 Å². The summed E-state index contributed by atoms with van der Waals surface area (Å²) in [5.74, 6) is 0.472. The number of nitrogens with zero attached hydrogens (tertiary/aromatic N) is 1. The largest absolute Gasteiger partial charge is 0.352 e. The molecule has 0 bridgehead atoms. The van der Waals surface area contributed by atoms with Gasteiger partial charge in [-0.3, -0.25) is 9.59 Å². The highest BCUT2D eigenvalue weighted by atomic mass is 35.5. The minimum Gasteiger partial charge on any atom is -0.352 e. The molecule has 0 fully saturated rings. The first-order valence-electron chi connectivity index (χ1n) is 10.6. The van der Waals surface area contributed by atoms with Crippen molar-refractivity contribution in [2.75, 3.05) is 5.75 Å². The molecule has 2 atom stereocenters. The Morgan fingerprint density at radius 3 is 2.19 bits per heavy atom. The third kappa shape index (κ3) is 7.87. The topological polar surface area (TPSA) is 49.4 Å². The first-order chi connectivity index (χ1) is 15.3. The van der Waals surface area contributed by atoms with Crippen LogP contribution in [0, 0.1) is 0 Å². The van der Waals surface area contributed by atoms with E-state index in [0.29, 0.717) is 33.8 Å². The molecule has 2 aromatic carbocycles. The van der Waals surface area contributed by atoms with Crippen molar-refractivity contribution in [2.45, 2.75) is 58.0 Å². The van der Waals surface area contributed by atoms with Gasteiger partial charge in [-0.2, -0.15) is 0 Å². The van der Waals surface area contributed by atoms with Crippen molar-refractivity contribution in [3.8, 4) is 0 Å². The average Bonchev–Trinajstić information content (AvgIpc) is 2.76. The van der Waals surface area contributed by atoms with Gasteiger partial charge in [0.25, 0.3) is 0 Å². The molecule has 0 radical (unpaired) electrons. The molecule has 0 saturated heterocycles. The van der Waals surface area contributed by atoms with Crippen LogP contribution in [0.3, 0.4) is 0 Å². The van der Waals surface area contributed by atoms with Crippen LogP contribution < -0.4 is 5.32 Å². The van der Waals surface area contributed by atoms with Gasteiger partial charge in [-0.25, -0.2) is 0 Å². The molecule has 0 spiro atoms. The van der Waals surface area contributed by atoms with Crippen molar-refractivity contribution in [3.63, 3.8) is 0 Å². The highest BCUT2D eigenvalue weighted by molar-refractivity contribution is 7.99. The lowest BCUT2D eigenvalue weighted by atomic mass is 10.1. The van der Waals surface area contributed by atoms with Crippen molar-refractivity contribution in [1.82, 2.24) is 10.2 Å². The highest BCUT2D eigenvalue weighted by Gasteiger charge is 2.29. The van der Waals surface area contributed by atoms with E-state index in [2.05, 4.69) is 5.32 Å². The third-order valence-corrected chi connectivity index (χ3v) is 7.09. The average molecular weight is 516 g/mol. The summed E-state index contributed by atoms with van der Waals surface area (Å²) in [5.41, 5.74) is 1.72. The Hall–Kier alpha value is -1.40. The number of thioether (sulfide) groups is 1. The quantitative estimate of drug-likeness (QED) is 0.367. The molecule has 0 unspecified atom stereocenters. The minimum atomic E-state index is -0.559. The molecule has 0 aliphatic rings. The molecule has 2 rings (SSSR count). The summed E-state index contributed by atoms with van der Waals surface area (Å²) in [4.78, 5) is 27.9. The molecule has 2 aromatic rings. The Morgan fingerprint density at radius 1 is 1.00 bits per heavy atom. The van der Waals surface area contributed by atoms with E-state index in [0.717, 1.165) is 17.5 Å². The van der Waals surface area contributed by atoms with Gasteiger partial charge in [-0.05, 0) is 55.2 Å². The molecule has 0 heterocycles. The fourth-order valence-corrected chi connectivity index (χ4v) is 4.91. The summed E-state index contributed by atoms with van der Waals surface area (Å²) in [6.07, 6.45) is 1.34. The predicted octanol–water partition coefficient (Wildman–Crippen LogP) is 6.60. The normalized spacial score (nSPS) is 12.8. The molecule has 1 N–H and O–H groups in total. The number of rotatable bonds is 11. The van der Waals surface area contributed by atoms with Gasteiger partial charge < -0.3 is 10.2 Å². The van der Waals surface area contributed by atoms with Gasteiger partial charge >= 0.3 is 0 Å². The molecule has 0 saturated carbocycles. The maximum absolute atomic E-state index is 13.3. The van der Waals surface area contributed by atoms with Gasteiger partial charge in [0.05, 0.1) is 5.75 Å². The first kappa shape index (κ1) is 26.8. The minimum absolute atomic E-state index is 0.0424. The molecule has 0 aliphatic carbocycles. The fourth-order valence-electron chi connectivity index (χ4n) is 3.14. The van der Waals surface area contributed by atoms with Gasteiger partial charge in [0, 0.05) is 33.4 Å². The SMILES string of the molecule is CC[C@@H](C)NC(=O)[C@H](CC)N(Cc1ccc(Cl)cc1)C(=O)CSCc1c(Cl)cccc1Cl. The maximum atomic E-state index is 13.3. The van der Waals surface area contributed by atoms with Gasteiger partial charge in [0.15, 0.2) is 0 Å². The molecule has 0 aliphatic heterocycles. The standard InChI is InChI=1S/C24H29Cl3N2O2S/c1-4-16(3)28-24(31)22(5-2)29(13-17-9-11-18(25)12-10-17)23(30)15-32-14-19-20(26)7-6-8-21(19)27/h6-12,16,22H,4-5,13-15H2,1-3H3,(H,28,31)/t16-,22+/m1/s1. The lowest BCUT2D eigenvalue weighted by Crippen LogP contribution is -2.51. The lowest BCUT2D eigenvalue weighted by molar-refractivity contribution is -0.139. The van der Waals surface area contributed by atoms with Crippen molar-refractivity contribution in [1.29, 1.82) is 0 Å². The number of halogens is 3. The van der Waals surface area contributed by atoms with E-state index < -0.39 is 6.04 Å². The number of carbonyl (C=O) groups excluding carboxylic acids is 2. The Bertz CT molecular complexity index is 888. The molecular weight excluding hydrogens is 487 g/mol. The summed E-state index contributed by atoms with van der Waals surface area (Å²) in [7, 11) is 0. The summed E-state index contributed by atoms with van der Waals surface area (Å²) in [5, 5.41) is 4.79. The smallest absolute Gasteiger partial charge is 0.243 e. The van der Waals surface area contributed by atoms with Gasteiger partial charge in [-0.1, -0.05) is 66.8 Å². The zero-order valence-corrected chi connectivity index (χ0v) is 21.6. The van der Waals surface area contributed by atoms with Crippen molar-refractivity contribution in [2.24, 2.45) is 0 Å². The first-order valence-corrected chi connectivity index (χ1v) is 12.9. The summed E-state index contributed by atoms with van der Waals surface area (Å²) >= 11 is 19.9. The third-order valence-electron chi connectivity index (χ3n) is 5.19. The van der Waals surface area contributed by atoms with E-state index in [-0.39, 0.29) is 23.6 Å². The van der Waals surface area contributed by atoms with Crippen LogP contribution in [-0.2, 0) is 21.9 Å². The van der Waals surface area contributed by atoms with E-state index >= 15 is 0 Å². The molecule has 2 amide bonds. The van der Waals surface area contributed by atoms with Crippen LogP contribution in [0.1, 0.15) is 44.7 Å². The number of hydrogen-bond acceptors (Lipinski definition) is 3. The van der Waals surface area contributed by atoms with E-state index in [1.807, 2.05) is 32.9 Å². The molecule has 0 aromatic heterocycles. The summed E-state index contributed by atoms with van der Waals surface area (Å²) in [6, 6.07) is 12.2. The Morgan fingerprint density at radius 2 is 1.62 bits per heavy atom. The van der Waals surface area contributed by atoms with Gasteiger partial charge in [-0.15, -0.1) is 11.8 Å². The number of amides is 2. The number of carbonyl (C=O) groups is 2. The number of nitrogens with one attached hydrogen (secondary N) is 1. The monoisotopic (exact) mass is 514 g/mol. The second kappa shape index (κ2) is 13.3. The van der Waals surface area contributed by atoms with Crippen LogP contribution in [0.15, 0.2) is 42.5 Å². The van der Waals surface area contributed by atoms with E-state index in [4.69, 9.17) is 34.8 Å². The van der Waals surface area contributed by atoms with Crippen molar-refractivity contribution < 1.29 is 9.59 Å². The molecular formula is C24H29Cl3N2O2S. The number of hydrogen-bond donors (Lipinski definition) is 1. The van der Waals surface area contributed by atoms with Crippen LogP contribution in [-0.4, -0.2) is 34.6 Å². The number of benzene rings is 2. The second-order valence-electron chi connectivity index (χ2n) is 7.58. The predicted molar refractivity (Wildman–Crippen MR) is 137 cm³/mol. The fraction of sp³-hybridized carbons (Fsp3) is 0.417. The second-order valence-corrected chi connectivity index (χ2v) is 9.82. The van der Waals surface area contributed by atoms with Crippen LogP contribution in [0.4, 0.5) is 0 Å². The van der Waals surface area contributed by atoms with E-state index in [9.17, 15) is 9.59 Å². The van der Waals surface area contributed by atoms with Gasteiger partial charge in [0.2, 0.25) is 11.8 Å². The van der Waals surface area contributed by atoms with Crippen LogP contribution in [0.2, 0.25) is 15.1 Å².